The zero-order chi connectivity index (χ0) is 30.7. The average molecular weight is 675 g/mol. The van der Waals surface area contributed by atoms with Gasteiger partial charge in [-0.05, 0) is 6.07 Å². The number of halogens is 1. The third-order valence-corrected chi connectivity index (χ3v) is 8.35. The largest absolute Gasteiger partial charge is 0.466 e. The van der Waals surface area contributed by atoms with Crippen LogP contribution in [0.5, 0.6) is 0 Å². The summed E-state index contributed by atoms with van der Waals surface area (Å²) in [6, 6.07) is 3.44. The number of ether oxygens (including phenoxy) is 2. The fourth-order valence-electron chi connectivity index (χ4n) is 4.27. The van der Waals surface area contributed by atoms with Crippen molar-refractivity contribution in [3.05, 3.63) is 34.0 Å². The van der Waals surface area contributed by atoms with Gasteiger partial charge in [0.05, 0.1) is 26.7 Å². The minimum Gasteiger partial charge on any atom is -0.466 e. The van der Waals surface area contributed by atoms with Crippen molar-refractivity contribution in [2.45, 2.75) is 37.8 Å². The highest BCUT2D eigenvalue weighted by Gasteiger charge is 2.51. The number of pyridine rings is 1. The normalized spacial score (nSPS) is 21.9. The molecule has 0 bridgehead atoms. The van der Waals surface area contributed by atoms with Crippen LogP contribution in [-0.2, 0) is 45.6 Å². The summed E-state index contributed by atoms with van der Waals surface area (Å²) >= 11 is 8.01. The van der Waals surface area contributed by atoms with E-state index in [0.717, 1.165) is 4.68 Å². The Labute approximate surface area is 252 Å². The first kappa shape index (κ1) is 31.2. The number of hydrogen-bond acceptors (Lipinski definition) is 16. The van der Waals surface area contributed by atoms with Crippen LogP contribution in [0.15, 0.2) is 17.1 Å². The quantitative estimate of drug-likeness (QED) is 0.0675. The Balaban J connectivity index is 1.41. The smallest absolute Gasteiger partial charge is 0.387 e. The van der Waals surface area contributed by atoms with Gasteiger partial charge in [-0.2, -0.15) is 14.9 Å². The van der Waals surface area contributed by atoms with E-state index in [0.29, 0.717) is 11.2 Å². The molecule has 5 heterocycles. The van der Waals surface area contributed by atoms with E-state index in [1.54, 1.807) is 0 Å². The van der Waals surface area contributed by atoms with Crippen molar-refractivity contribution in [2.24, 2.45) is 0 Å². The standard InChI is InChI=1S/C20H21FN10O8P2S2/c21-13-11(6-36-40-42)38-19(31-17-14(28-29-31)18(33)27-20(23)26-17)15(13)39-41(34,43)37-7-12-25-10-3-9(4-22)5-24-16(10)30(12)1-2-35-8-32/h3,5,8,11,13,15,19,40,42H,1-2,6-7H2,(H,34,43)(H3,23,26,27,33)/t11-,13-,15-,19-,41?/m1/s1. The molecule has 4 aromatic rings. The Kier molecular flexibility index (Phi) is 9.58. The summed E-state index contributed by atoms with van der Waals surface area (Å²) in [5.74, 6) is -0.0892. The van der Waals surface area contributed by atoms with Crippen LogP contribution in [0.1, 0.15) is 17.6 Å². The molecule has 0 spiro atoms. The van der Waals surface area contributed by atoms with Crippen molar-refractivity contribution < 1.29 is 36.8 Å². The molecule has 1 aliphatic heterocycles. The summed E-state index contributed by atoms with van der Waals surface area (Å²) in [7, 11) is -0.279. The van der Waals surface area contributed by atoms with Crippen LogP contribution >= 0.6 is 39.3 Å². The van der Waals surface area contributed by atoms with E-state index >= 15 is 4.39 Å². The molecule has 23 heteroatoms. The van der Waals surface area contributed by atoms with Crippen LogP contribution in [0.3, 0.4) is 0 Å². The van der Waals surface area contributed by atoms with Gasteiger partial charge in [0.2, 0.25) is 5.95 Å². The number of anilines is 1. The van der Waals surface area contributed by atoms with Gasteiger partial charge in [-0.3, -0.25) is 23.6 Å². The Hall–Kier alpha value is -3.21. The maximum Gasteiger partial charge on any atom is 0.387 e. The number of carbonyl (C=O) groups excluding carboxylic acids is 1. The highest BCUT2D eigenvalue weighted by molar-refractivity contribution is 8.44. The molecule has 4 aromatic heterocycles. The van der Waals surface area contributed by atoms with Crippen LogP contribution in [0.25, 0.3) is 22.3 Å². The van der Waals surface area contributed by atoms with Crippen molar-refractivity contribution in [3.63, 3.8) is 0 Å². The number of rotatable bonds is 13. The number of H-pyrrole nitrogens is 1. The molecule has 228 valence electrons. The Morgan fingerprint density at radius 2 is 2.19 bits per heavy atom. The van der Waals surface area contributed by atoms with E-state index < -0.39 is 43.6 Å². The molecule has 0 radical (unpaired) electrons. The fourth-order valence-corrected chi connectivity index (χ4v) is 6.10. The number of nitrogens with one attached hydrogen (secondary N) is 1. The van der Waals surface area contributed by atoms with E-state index in [1.165, 1.54) is 16.8 Å². The number of thiol groups is 2. The number of carbonyl (C=O) groups is 1. The zero-order valence-corrected chi connectivity index (χ0v) is 25.2. The molecule has 5 rings (SSSR count). The van der Waals surface area contributed by atoms with E-state index in [2.05, 4.69) is 54.7 Å². The molecule has 0 amide bonds. The first-order chi connectivity index (χ1) is 20.7. The molecule has 1 aliphatic rings. The first-order valence-corrected chi connectivity index (χ1v) is 16.9. The summed E-state index contributed by atoms with van der Waals surface area (Å²) in [5.41, 5.74) is 5.51. The minimum atomic E-state index is -4.39. The molecule has 6 atom stereocenters. The molecular weight excluding hydrogens is 653 g/mol. The fraction of sp³-hybridized carbons (Fsp3) is 0.400. The number of hydrogen-bond donors (Lipinski definition) is 4. The second-order valence-corrected chi connectivity index (χ2v) is 12.6. The predicted molar refractivity (Wildman–Crippen MR) is 153 cm³/mol. The topological polar surface area (TPSA) is 237 Å². The van der Waals surface area contributed by atoms with Crippen molar-refractivity contribution in [1.29, 1.82) is 5.26 Å². The lowest BCUT2D eigenvalue weighted by molar-refractivity contribution is -0.128. The number of imidazole rings is 1. The Morgan fingerprint density at radius 3 is 2.93 bits per heavy atom. The molecule has 1 saturated heterocycles. The van der Waals surface area contributed by atoms with Gasteiger partial charge >= 0.3 is 6.80 Å². The number of nitrogen functional groups attached to an aromatic ring is 1. The maximum atomic E-state index is 15.7. The van der Waals surface area contributed by atoms with Gasteiger partial charge in [0, 0.05) is 6.20 Å². The molecule has 0 aliphatic carbocycles. The summed E-state index contributed by atoms with van der Waals surface area (Å²) in [5, 5.41) is 16.8. The van der Waals surface area contributed by atoms with Gasteiger partial charge in [0.15, 0.2) is 29.2 Å². The van der Waals surface area contributed by atoms with Gasteiger partial charge in [0.25, 0.3) is 12.0 Å². The second-order valence-electron chi connectivity index (χ2n) is 8.71. The third-order valence-electron chi connectivity index (χ3n) is 6.08. The van der Waals surface area contributed by atoms with Crippen molar-refractivity contribution in [2.75, 3.05) is 18.9 Å². The number of fused-ring (bicyclic) bond motifs is 2. The van der Waals surface area contributed by atoms with E-state index in [1.807, 2.05) is 6.07 Å². The lowest BCUT2D eigenvalue weighted by Gasteiger charge is -2.23. The third kappa shape index (κ3) is 6.66. The molecule has 18 nitrogen and oxygen atoms in total. The SMILES string of the molecule is N#Cc1cnc2c(c1)nc(COP(=O)(S)O[C@@H]1[C@H](F)[C@@H](COPS)O[C@H]1n1nnc3c(=O)[nH]c(N)nc31)n2CCOC=O. The first-order valence-electron chi connectivity index (χ1n) is 12.0. The van der Waals surface area contributed by atoms with E-state index in [4.69, 9.17) is 28.8 Å². The molecule has 3 N–H and O–H groups in total. The zero-order valence-electron chi connectivity index (χ0n) is 21.5. The van der Waals surface area contributed by atoms with Crippen molar-refractivity contribution in [1.82, 2.24) is 39.5 Å². The van der Waals surface area contributed by atoms with E-state index in [-0.39, 0.29) is 62.7 Å². The summed E-state index contributed by atoms with van der Waals surface area (Å²) < 4.78 is 58.4. The highest BCUT2D eigenvalue weighted by atomic mass is 32.7. The van der Waals surface area contributed by atoms with Gasteiger partial charge in [-0.25, -0.2) is 18.9 Å². The molecule has 0 aromatic carbocycles. The number of aromatic nitrogens is 8. The van der Waals surface area contributed by atoms with Crippen LogP contribution in [-0.4, -0.2) is 77.6 Å². The average Bonchev–Trinajstić information content (AvgIpc) is 3.64. The van der Waals surface area contributed by atoms with Crippen LogP contribution in [0.4, 0.5) is 10.3 Å². The Morgan fingerprint density at radius 1 is 1.37 bits per heavy atom. The molecule has 43 heavy (non-hydrogen) atoms. The lowest BCUT2D eigenvalue weighted by atomic mass is 10.1. The van der Waals surface area contributed by atoms with Gasteiger partial charge < -0.3 is 24.3 Å². The van der Waals surface area contributed by atoms with Crippen molar-refractivity contribution >= 4 is 74.1 Å². The van der Waals surface area contributed by atoms with Crippen LogP contribution in [0, 0.1) is 11.3 Å². The number of nitriles is 1. The number of alkyl halides is 1. The number of aromatic amines is 1. The molecule has 1 fully saturated rings. The Bertz CT molecular complexity index is 1800. The van der Waals surface area contributed by atoms with Gasteiger partial charge in [-0.1, -0.05) is 17.5 Å². The summed E-state index contributed by atoms with van der Waals surface area (Å²) in [6.45, 7) is -4.79. The predicted octanol–water partition coefficient (Wildman–Crippen LogP) is 1.22. The highest BCUT2D eigenvalue weighted by Crippen LogP contribution is 2.57. The second kappa shape index (κ2) is 13.2. The summed E-state index contributed by atoms with van der Waals surface area (Å²) in [4.78, 5) is 37.8. The van der Waals surface area contributed by atoms with Crippen LogP contribution in [0.2, 0.25) is 0 Å². The lowest BCUT2D eigenvalue weighted by Crippen LogP contribution is -2.32. The van der Waals surface area contributed by atoms with Crippen molar-refractivity contribution in [3.8, 4) is 6.07 Å². The van der Waals surface area contributed by atoms with Gasteiger partial charge in [0.1, 0.15) is 42.8 Å². The summed E-state index contributed by atoms with van der Waals surface area (Å²) in [6.07, 6.45) is -4.96. The molecule has 2 unspecified atom stereocenters. The number of nitrogens with zero attached hydrogens (tertiary/aromatic N) is 8. The minimum absolute atomic E-state index is 0.0487. The number of nitrogens with two attached hydrogens (primary N) is 1. The monoisotopic (exact) mass is 674 g/mol. The van der Waals surface area contributed by atoms with Crippen LogP contribution < -0.4 is 11.3 Å². The molecule has 0 saturated carbocycles. The maximum absolute atomic E-state index is 15.7. The van der Waals surface area contributed by atoms with E-state index in [9.17, 15) is 19.4 Å². The van der Waals surface area contributed by atoms with Gasteiger partial charge in [-0.15, -0.1) is 17.3 Å². The molecular formula is C20H21FN10O8P2S2.